The number of aromatic nitrogens is 2. The molecule has 2 heterocycles. The summed E-state index contributed by atoms with van der Waals surface area (Å²) in [5.74, 6) is -0.662. The van der Waals surface area contributed by atoms with E-state index < -0.39 is 11.5 Å². The highest BCUT2D eigenvalue weighted by Crippen LogP contribution is 2.32. The van der Waals surface area contributed by atoms with Gasteiger partial charge >= 0.3 is 5.97 Å². The van der Waals surface area contributed by atoms with Crippen molar-refractivity contribution in [1.29, 1.82) is 0 Å². The first-order chi connectivity index (χ1) is 8.69. The lowest BCUT2D eigenvalue weighted by molar-refractivity contribution is -0.150. The maximum absolute atomic E-state index is 11.5. The molecule has 100 valence electrons. The van der Waals surface area contributed by atoms with Crippen LogP contribution in [0.25, 0.3) is 0 Å². The van der Waals surface area contributed by atoms with Gasteiger partial charge in [-0.2, -0.15) is 0 Å². The number of aryl methyl sites for hydroxylation is 1. The molecule has 1 aromatic rings. The lowest BCUT2D eigenvalue weighted by Gasteiger charge is -2.33. The summed E-state index contributed by atoms with van der Waals surface area (Å²) >= 11 is 0. The molecule has 1 unspecified atom stereocenters. The van der Waals surface area contributed by atoms with Crippen molar-refractivity contribution < 1.29 is 9.90 Å². The highest BCUT2D eigenvalue weighted by atomic mass is 16.4. The Morgan fingerprint density at radius 1 is 1.50 bits per heavy atom. The second-order valence-corrected chi connectivity index (χ2v) is 4.93. The summed E-state index contributed by atoms with van der Waals surface area (Å²) in [5, 5.41) is 9.46. The van der Waals surface area contributed by atoms with Crippen LogP contribution in [0.3, 0.4) is 0 Å². The predicted molar refractivity (Wildman–Crippen MR) is 68.3 cm³/mol. The summed E-state index contributed by atoms with van der Waals surface area (Å²) in [6.07, 6.45) is 8.93. The van der Waals surface area contributed by atoms with Crippen LogP contribution in [0.5, 0.6) is 0 Å². The molecule has 18 heavy (non-hydrogen) atoms. The molecule has 0 amide bonds. The van der Waals surface area contributed by atoms with Crippen LogP contribution in [0, 0.1) is 0 Å². The second kappa shape index (κ2) is 5.52. The molecule has 1 aromatic heterocycles. The van der Waals surface area contributed by atoms with Crippen LogP contribution in [-0.4, -0.2) is 44.2 Å². The molecule has 1 saturated heterocycles. The maximum Gasteiger partial charge on any atom is 0.324 e. The number of imidazole rings is 1. The Balaban J connectivity index is 1.89. The maximum atomic E-state index is 11.5. The summed E-state index contributed by atoms with van der Waals surface area (Å²) in [4.78, 5) is 17.6. The van der Waals surface area contributed by atoms with Gasteiger partial charge < -0.3 is 9.67 Å². The topological polar surface area (TPSA) is 58.4 Å². The first-order valence-corrected chi connectivity index (χ1v) is 6.63. The molecule has 1 aliphatic rings. The van der Waals surface area contributed by atoms with Crippen molar-refractivity contribution >= 4 is 5.97 Å². The van der Waals surface area contributed by atoms with Crippen LogP contribution >= 0.6 is 0 Å². The van der Waals surface area contributed by atoms with E-state index in [0.717, 1.165) is 38.9 Å². The van der Waals surface area contributed by atoms with E-state index in [9.17, 15) is 9.90 Å². The van der Waals surface area contributed by atoms with Crippen molar-refractivity contribution in [3.63, 3.8) is 0 Å². The van der Waals surface area contributed by atoms with Crippen LogP contribution in [0.4, 0.5) is 0 Å². The van der Waals surface area contributed by atoms with Gasteiger partial charge in [-0.1, -0.05) is 6.92 Å². The van der Waals surface area contributed by atoms with Gasteiger partial charge in [0.1, 0.15) is 5.54 Å². The van der Waals surface area contributed by atoms with Gasteiger partial charge in [0, 0.05) is 25.5 Å². The fourth-order valence-electron chi connectivity index (χ4n) is 2.92. The molecule has 0 radical (unpaired) electrons. The van der Waals surface area contributed by atoms with Crippen LogP contribution in [0.1, 0.15) is 32.6 Å². The molecule has 0 spiro atoms. The zero-order chi connectivity index (χ0) is 13.0. The number of nitrogens with zero attached hydrogens (tertiary/aromatic N) is 3. The van der Waals surface area contributed by atoms with E-state index in [1.165, 1.54) is 0 Å². The van der Waals surface area contributed by atoms with Crippen LogP contribution < -0.4 is 0 Å². The van der Waals surface area contributed by atoms with Crippen molar-refractivity contribution in [2.45, 2.75) is 44.7 Å². The van der Waals surface area contributed by atoms with Gasteiger partial charge in [0.25, 0.3) is 0 Å². The van der Waals surface area contributed by atoms with E-state index in [0.29, 0.717) is 6.42 Å². The van der Waals surface area contributed by atoms with Crippen molar-refractivity contribution in [3.8, 4) is 0 Å². The SMILES string of the molecule is CCC1(C(=O)O)CCCN1CCCn1ccnc1. The third-order valence-corrected chi connectivity index (χ3v) is 4.01. The first-order valence-electron chi connectivity index (χ1n) is 6.63. The predicted octanol–water partition coefficient (Wildman–Crippen LogP) is 1.60. The summed E-state index contributed by atoms with van der Waals surface area (Å²) < 4.78 is 2.03. The lowest BCUT2D eigenvalue weighted by atomic mass is 9.93. The number of aliphatic carboxylic acids is 1. The van der Waals surface area contributed by atoms with Crippen molar-refractivity contribution in [2.24, 2.45) is 0 Å². The highest BCUT2D eigenvalue weighted by molar-refractivity contribution is 5.79. The standard InChI is InChI=1S/C13H21N3O2/c1-2-13(12(17)18)5-3-8-16(13)9-4-7-15-10-6-14-11-15/h6,10-11H,2-5,7-9H2,1H3,(H,17,18). The zero-order valence-electron chi connectivity index (χ0n) is 10.9. The molecule has 5 heteroatoms. The molecule has 0 bridgehead atoms. The number of likely N-dealkylation sites (tertiary alicyclic amines) is 1. The van der Waals surface area contributed by atoms with Crippen LogP contribution in [0.15, 0.2) is 18.7 Å². The van der Waals surface area contributed by atoms with Gasteiger partial charge in [0.15, 0.2) is 0 Å². The Morgan fingerprint density at radius 2 is 2.33 bits per heavy atom. The largest absolute Gasteiger partial charge is 0.480 e. The Kier molecular flexibility index (Phi) is 4.01. The molecule has 1 N–H and O–H groups in total. The number of hydrogen-bond acceptors (Lipinski definition) is 3. The number of carboxylic acid groups (broad SMARTS) is 1. The zero-order valence-corrected chi connectivity index (χ0v) is 10.9. The molecule has 1 fully saturated rings. The van der Waals surface area contributed by atoms with Crippen LogP contribution in [0.2, 0.25) is 0 Å². The van der Waals surface area contributed by atoms with E-state index in [2.05, 4.69) is 9.88 Å². The van der Waals surface area contributed by atoms with E-state index in [1.807, 2.05) is 17.7 Å². The number of carbonyl (C=O) groups is 1. The highest BCUT2D eigenvalue weighted by Gasteiger charge is 2.45. The van der Waals surface area contributed by atoms with E-state index in [-0.39, 0.29) is 0 Å². The van der Waals surface area contributed by atoms with Gasteiger partial charge in [-0.3, -0.25) is 9.69 Å². The third kappa shape index (κ3) is 2.41. The molecular weight excluding hydrogens is 230 g/mol. The first kappa shape index (κ1) is 13.1. The van der Waals surface area contributed by atoms with E-state index in [4.69, 9.17) is 0 Å². The van der Waals surface area contributed by atoms with E-state index in [1.54, 1.807) is 12.5 Å². The third-order valence-electron chi connectivity index (χ3n) is 4.01. The minimum Gasteiger partial charge on any atom is -0.480 e. The Hall–Kier alpha value is -1.36. The molecule has 0 aliphatic carbocycles. The van der Waals surface area contributed by atoms with Crippen LogP contribution in [-0.2, 0) is 11.3 Å². The summed E-state index contributed by atoms with van der Waals surface area (Å²) in [5.41, 5.74) is -0.616. The van der Waals surface area contributed by atoms with Gasteiger partial charge in [-0.15, -0.1) is 0 Å². The van der Waals surface area contributed by atoms with Crippen molar-refractivity contribution in [1.82, 2.24) is 14.5 Å². The summed E-state index contributed by atoms with van der Waals surface area (Å²) in [6, 6.07) is 0. The Bertz CT molecular complexity index is 391. The molecule has 0 saturated carbocycles. The summed E-state index contributed by atoms with van der Waals surface area (Å²) in [7, 11) is 0. The Morgan fingerprint density at radius 3 is 2.94 bits per heavy atom. The molecular formula is C13H21N3O2. The number of rotatable bonds is 6. The quantitative estimate of drug-likeness (QED) is 0.834. The average Bonchev–Trinajstić information content (AvgIpc) is 2.98. The normalized spacial score (nSPS) is 24.5. The smallest absolute Gasteiger partial charge is 0.324 e. The second-order valence-electron chi connectivity index (χ2n) is 4.93. The van der Waals surface area contributed by atoms with Gasteiger partial charge in [0.05, 0.1) is 6.33 Å². The van der Waals surface area contributed by atoms with Crippen molar-refractivity contribution in [3.05, 3.63) is 18.7 Å². The molecule has 0 aromatic carbocycles. The van der Waals surface area contributed by atoms with Gasteiger partial charge in [0.2, 0.25) is 0 Å². The molecule has 5 nitrogen and oxygen atoms in total. The lowest BCUT2D eigenvalue weighted by Crippen LogP contribution is -2.50. The minimum absolute atomic E-state index is 0.616. The molecule has 1 atom stereocenters. The average molecular weight is 251 g/mol. The molecule has 1 aliphatic heterocycles. The summed E-state index contributed by atoms with van der Waals surface area (Å²) in [6.45, 7) is 4.63. The minimum atomic E-state index is -0.662. The van der Waals surface area contributed by atoms with E-state index >= 15 is 0 Å². The fourth-order valence-corrected chi connectivity index (χ4v) is 2.92. The number of hydrogen-bond donors (Lipinski definition) is 1. The van der Waals surface area contributed by atoms with Crippen molar-refractivity contribution in [2.75, 3.05) is 13.1 Å². The van der Waals surface area contributed by atoms with Gasteiger partial charge in [-0.05, 0) is 32.2 Å². The number of carboxylic acids is 1. The fraction of sp³-hybridized carbons (Fsp3) is 0.692. The molecule has 2 rings (SSSR count). The Labute approximate surface area is 107 Å². The van der Waals surface area contributed by atoms with Gasteiger partial charge in [-0.25, -0.2) is 4.98 Å². The monoisotopic (exact) mass is 251 g/mol.